The van der Waals surface area contributed by atoms with Gasteiger partial charge >= 0.3 is 0 Å². The fourth-order valence-corrected chi connectivity index (χ4v) is 5.27. The summed E-state index contributed by atoms with van der Waals surface area (Å²) in [6, 6.07) is 11.7. The topological polar surface area (TPSA) is 69.7 Å². The van der Waals surface area contributed by atoms with Crippen molar-refractivity contribution in [3.8, 4) is 0 Å². The van der Waals surface area contributed by atoms with Gasteiger partial charge in [0.1, 0.15) is 0 Å². The first-order chi connectivity index (χ1) is 14.8. The number of rotatable bonds is 9. The number of halogens is 1. The average molecular weight is 480 g/mol. The zero-order valence-corrected chi connectivity index (χ0v) is 21.5. The molecule has 2 aromatic carbocycles. The van der Waals surface area contributed by atoms with E-state index in [-0.39, 0.29) is 35.2 Å². The van der Waals surface area contributed by atoms with Crippen molar-refractivity contribution in [3.05, 3.63) is 53.1 Å². The maximum atomic E-state index is 13.7. The molecule has 1 atom stereocenters. The molecule has 2 aromatic rings. The van der Waals surface area contributed by atoms with Gasteiger partial charge in [0.2, 0.25) is 15.9 Å². The van der Waals surface area contributed by atoms with Crippen LogP contribution < -0.4 is 10.2 Å². The Kier molecular flexibility index (Phi) is 8.74. The van der Waals surface area contributed by atoms with Crippen molar-refractivity contribution in [2.24, 2.45) is 11.8 Å². The minimum atomic E-state index is -3.81. The highest BCUT2D eigenvalue weighted by Gasteiger charge is 2.32. The first-order valence-electron chi connectivity index (χ1n) is 10.7. The third-order valence-corrected chi connectivity index (χ3v) is 7.66. The monoisotopic (exact) mass is 479 g/mol. The molecule has 0 unspecified atom stereocenters. The summed E-state index contributed by atoms with van der Waals surface area (Å²) in [5.74, 6) is -0.157. The highest BCUT2D eigenvalue weighted by Crippen LogP contribution is 2.30. The molecular formula is C24H34ClN3O3S. The molecule has 0 aliphatic rings. The van der Waals surface area contributed by atoms with Crippen LogP contribution in [0.25, 0.3) is 0 Å². The van der Waals surface area contributed by atoms with Crippen molar-refractivity contribution < 1.29 is 13.2 Å². The summed E-state index contributed by atoms with van der Waals surface area (Å²) >= 11 is 6.09. The molecule has 0 fully saturated rings. The Bertz CT molecular complexity index is 1050. The second-order valence-corrected chi connectivity index (χ2v) is 11.2. The van der Waals surface area contributed by atoms with Gasteiger partial charge in [0.05, 0.1) is 4.90 Å². The van der Waals surface area contributed by atoms with E-state index in [1.807, 2.05) is 71.8 Å². The van der Waals surface area contributed by atoms with Crippen LogP contribution in [0.4, 0.5) is 11.4 Å². The summed E-state index contributed by atoms with van der Waals surface area (Å²) in [6.45, 7) is 9.72. The summed E-state index contributed by atoms with van der Waals surface area (Å²) < 4.78 is 28.8. The number of benzene rings is 2. The molecule has 0 saturated heterocycles. The third kappa shape index (κ3) is 6.24. The first-order valence-corrected chi connectivity index (χ1v) is 12.5. The fourth-order valence-electron chi connectivity index (χ4n) is 3.22. The van der Waals surface area contributed by atoms with Gasteiger partial charge in [0.25, 0.3) is 0 Å². The van der Waals surface area contributed by atoms with E-state index >= 15 is 0 Å². The van der Waals surface area contributed by atoms with Gasteiger partial charge in [-0.3, -0.25) is 4.79 Å². The molecule has 0 aliphatic carbocycles. The number of carbonyl (C=O) groups excluding carboxylic acids is 1. The third-order valence-electron chi connectivity index (χ3n) is 5.50. The molecule has 0 aliphatic heterocycles. The summed E-state index contributed by atoms with van der Waals surface area (Å²) in [4.78, 5) is 14.3. The number of amides is 1. The van der Waals surface area contributed by atoms with Crippen molar-refractivity contribution in [2.45, 2.75) is 52.1 Å². The number of nitrogens with zero attached hydrogens (tertiary/aromatic N) is 2. The van der Waals surface area contributed by atoms with Crippen LogP contribution in [0.1, 0.15) is 40.2 Å². The maximum absolute atomic E-state index is 13.7. The molecule has 0 spiro atoms. The SMILES string of the molecule is CC(C)C(=O)Nc1ccc(N(C)C)c(CN([C@H](C)C(C)C)S(=O)(=O)c2cccc(Cl)c2)c1. The molecule has 1 amide bonds. The Morgan fingerprint density at radius 2 is 1.69 bits per heavy atom. The lowest BCUT2D eigenvalue weighted by Gasteiger charge is -2.32. The van der Waals surface area contributed by atoms with Gasteiger partial charge in [-0.05, 0) is 54.8 Å². The van der Waals surface area contributed by atoms with Crippen LogP contribution in [0.5, 0.6) is 0 Å². The van der Waals surface area contributed by atoms with E-state index in [0.29, 0.717) is 10.7 Å². The van der Waals surface area contributed by atoms with Gasteiger partial charge in [0, 0.05) is 49.0 Å². The van der Waals surface area contributed by atoms with E-state index in [9.17, 15) is 13.2 Å². The zero-order chi connectivity index (χ0) is 24.2. The minimum Gasteiger partial charge on any atom is -0.377 e. The summed E-state index contributed by atoms with van der Waals surface area (Å²) in [5, 5.41) is 3.28. The predicted molar refractivity (Wildman–Crippen MR) is 133 cm³/mol. The fraction of sp³-hybridized carbons (Fsp3) is 0.458. The molecule has 32 heavy (non-hydrogen) atoms. The van der Waals surface area contributed by atoms with E-state index in [1.54, 1.807) is 18.2 Å². The van der Waals surface area contributed by atoms with E-state index in [4.69, 9.17) is 11.6 Å². The predicted octanol–water partition coefficient (Wildman–Crippen LogP) is 5.24. The molecule has 0 saturated carbocycles. The molecule has 0 heterocycles. The number of hydrogen-bond donors (Lipinski definition) is 1. The van der Waals surface area contributed by atoms with E-state index in [2.05, 4.69) is 5.32 Å². The zero-order valence-electron chi connectivity index (χ0n) is 19.9. The van der Waals surface area contributed by atoms with Crippen LogP contribution in [-0.4, -0.2) is 38.8 Å². The van der Waals surface area contributed by atoms with Crippen LogP contribution in [0.15, 0.2) is 47.4 Å². The quantitative estimate of drug-likeness (QED) is 0.534. The molecular weight excluding hydrogens is 446 g/mol. The molecule has 8 heteroatoms. The Balaban J connectivity index is 2.56. The number of carbonyl (C=O) groups is 1. The van der Waals surface area contributed by atoms with Crippen molar-refractivity contribution in [3.63, 3.8) is 0 Å². The van der Waals surface area contributed by atoms with Crippen molar-refractivity contribution in [1.82, 2.24) is 4.31 Å². The molecule has 176 valence electrons. The Morgan fingerprint density at radius 3 is 2.22 bits per heavy atom. The molecule has 0 bridgehead atoms. The largest absolute Gasteiger partial charge is 0.377 e. The highest BCUT2D eigenvalue weighted by molar-refractivity contribution is 7.89. The highest BCUT2D eigenvalue weighted by atomic mass is 35.5. The number of nitrogens with one attached hydrogen (secondary N) is 1. The van der Waals surface area contributed by atoms with E-state index in [0.717, 1.165) is 11.3 Å². The lowest BCUT2D eigenvalue weighted by Crippen LogP contribution is -2.41. The van der Waals surface area contributed by atoms with Crippen LogP contribution in [0, 0.1) is 11.8 Å². The second kappa shape index (κ2) is 10.7. The molecule has 1 N–H and O–H groups in total. The number of anilines is 2. The van der Waals surface area contributed by atoms with Gasteiger partial charge in [-0.1, -0.05) is 45.4 Å². The second-order valence-electron chi connectivity index (χ2n) is 8.87. The summed E-state index contributed by atoms with van der Waals surface area (Å²) in [5.41, 5.74) is 2.33. The van der Waals surface area contributed by atoms with Crippen LogP contribution >= 0.6 is 11.6 Å². The smallest absolute Gasteiger partial charge is 0.243 e. The van der Waals surface area contributed by atoms with Crippen molar-refractivity contribution in [1.29, 1.82) is 0 Å². The average Bonchev–Trinajstić information content (AvgIpc) is 2.71. The van der Waals surface area contributed by atoms with Gasteiger partial charge in [0.15, 0.2) is 0 Å². The van der Waals surface area contributed by atoms with Crippen LogP contribution in [0.3, 0.4) is 0 Å². The lowest BCUT2D eigenvalue weighted by atomic mass is 10.1. The number of hydrogen-bond acceptors (Lipinski definition) is 4. The van der Waals surface area contributed by atoms with E-state index in [1.165, 1.54) is 10.4 Å². The molecule has 6 nitrogen and oxygen atoms in total. The number of sulfonamides is 1. The normalized spacial score (nSPS) is 13.0. The lowest BCUT2D eigenvalue weighted by molar-refractivity contribution is -0.118. The summed E-state index contributed by atoms with van der Waals surface area (Å²) in [6.07, 6.45) is 0. The Labute approximate surface area is 197 Å². The first kappa shape index (κ1) is 26.2. The van der Waals surface area contributed by atoms with Crippen LogP contribution in [-0.2, 0) is 21.4 Å². The van der Waals surface area contributed by atoms with Crippen molar-refractivity contribution in [2.75, 3.05) is 24.3 Å². The molecule has 2 rings (SSSR count). The van der Waals surface area contributed by atoms with Crippen LogP contribution in [0.2, 0.25) is 5.02 Å². The van der Waals surface area contributed by atoms with Crippen molar-refractivity contribution >= 4 is 38.9 Å². The molecule has 0 radical (unpaired) electrons. The van der Waals surface area contributed by atoms with Gasteiger partial charge in [-0.15, -0.1) is 0 Å². The standard InChI is InChI=1S/C24H34ClN3O3S/c1-16(2)18(5)28(32(30,31)22-10-8-9-20(25)14-22)15-19-13-21(26-24(29)17(3)4)11-12-23(19)27(6)7/h8-14,16-18H,15H2,1-7H3,(H,26,29)/t18-/m1/s1. The Hall–Kier alpha value is -2.09. The molecule has 0 aromatic heterocycles. The van der Waals surface area contributed by atoms with E-state index < -0.39 is 10.0 Å². The summed E-state index contributed by atoms with van der Waals surface area (Å²) in [7, 11) is 0.00443. The Morgan fingerprint density at radius 1 is 1.03 bits per heavy atom. The van der Waals surface area contributed by atoms with Gasteiger partial charge in [-0.25, -0.2) is 8.42 Å². The maximum Gasteiger partial charge on any atom is 0.243 e. The van der Waals surface area contributed by atoms with Gasteiger partial charge in [-0.2, -0.15) is 4.31 Å². The minimum absolute atomic E-state index is 0.0903. The van der Waals surface area contributed by atoms with Gasteiger partial charge < -0.3 is 10.2 Å².